The standard InChI is InChI=1S/C11H15NO3S2/c1-4-12(5-2)11(14)17-8-6-7-16-9(8)10(13)15-3/h6-7H,4-5H2,1-3H3. The summed E-state index contributed by atoms with van der Waals surface area (Å²) in [5, 5.41) is 1.74. The van der Waals surface area contributed by atoms with Gasteiger partial charge in [0.15, 0.2) is 0 Å². The number of thiophene rings is 1. The van der Waals surface area contributed by atoms with Crippen LogP contribution in [0.25, 0.3) is 0 Å². The normalized spacial score (nSPS) is 10.1. The molecule has 1 aromatic heterocycles. The van der Waals surface area contributed by atoms with Crippen LogP contribution in [-0.2, 0) is 4.74 Å². The van der Waals surface area contributed by atoms with Gasteiger partial charge in [0.05, 0.1) is 7.11 Å². The molecule has 0 saturated carbocycles. The third-order valence-electron chi connectivity index (χ3n) is 2.22. The van der Waals surface area contributed by atoms with Crippen molar-refractivity contribution in [3.8, 4) is 0 Å². The number of ether oxygens (including phenoxy) is 1. The molecule has 0 N–H and O–H groups in total. The predicted molar refractivity (Wildman–Crippen MR) is 69.8 cm³/mol. The Labute approximate surface area is 109 Å². The van der Waals surface area contributed by atoms with Crippen LogP contribution in [0.15, 0.2) is 16.3 Å². The summed E-state index contributed by atoms with van der Waals surface area (Å²) >= 11 is 2.36. The summed E-state index contributed by atoms with van der Waals surface area (Å²) in [5.41, 5.74) is 0. The molecule has 0 aliphatic heterocycles. The van der Waals surface area contributed by atoms with E-state index in [9.17, 15) is 9.59 Å². The first-order valence-corrected chi connectivity index (χ1v) is 6.96. The molecule has 0 aromatic carbocycles. The molecule has 0 aliphatic rings. The second-order valence-corrected chi connectivity index (χ2v) is 5.06. The smallest absolute Gasteiger partial charge is 0.349 e. The van der Waals surface area contributed by atoms with Crippen LogP contribution >= 0.6 is 23.1 Å². The third-order valence-corrected chi connectivity index (χ3v) is 4.24. The highest BCUT2D eigenvalue weighted by Crippen LogP contribution is 2.29. The number of nitrogens with zero attached hydrogens (tertiary/aromatic N) is 1. The van der Waals surface area contributed by atoms with E-state index in [1.54, 1.807) is 16.3 Å². The zero-order chi connectivity index (χ0) is 12.8. The zero-order valence-electron chi connectivity index (χ0n) is 10.1. The number of carbonyl (C=O) groups excluding carboxylic acids is 2. The van der Waals surface area contributed by atoms with Crippen LogP contribution in [0.2, 0.25) is 0 Å². The molecule has 1 aromatic rings. The lowest BCUT2D eigenvalue weighted by Crippen LogP contribution is -2.26. The van der Waals surface area contributed by atoms with E-state index in [0.29, 0.717) is 22.9 Å². The molecule has 0 atom stereocenters. The van der Waals surface area contributed by atoms with Crippen molar-refractivity contribution in [2.24, 2.45) is 0 Å². The van der Waals surface area contributed by atoms with Gasteiger partial charge in [-0.1, -0.05) is 0 Å². The lowest BCUT2D eigenvalue weighted by atomic mass is 10.5. The van der Waals surface area contributed by atoms with Crippen molar-refractivity contribution in [2.45, 2.75) is 18.7 Å². The third kappa shape index (κ3) is 3.47. The number of rotatable bonds is 4. The van der Waals surface area contributed by atoms with Gasteiger partial charge in [-0.2, -0.15) is 0 Å². The first-order chi connectivity index (χ1) is 8.13. The molecule has 0 unspecified atom stereocenters. The summed E-state index contributed by atoms with van der Waals surface area (Å²) in [7, 11) is 1.34. The van der Waals surface area contributed by atoms with Gasteiger partial charge < -0.3 is 9.64 Å². The molecule has 1 rings (SSSR count). The fraction of sp³-hybridized carbons (Fsp3) is 0.455. The lowest BCUT2D eigenvalue weighted by molar-refractivity contribution is 0.0603. The average Bonchev–Trinajstić information content (AvgIpc) is 2.77. The van der Waals surface area contributed by atoms with E-state index in [0.717, 1.165) is 11.8 Å². The van der Waals surface area contributed by atoms with Gasteiger partial charge in [0, 0.05) is 18.0 Å². The Bertz CT molecular complexity index is 399. The number of esters is 1. The van der Waals surface area contributed by atoms with Crippen LogP contribution in [0, 0.1) is 0 Å². The molecule has 0 radical (unpaired) electrons. The van der Waals surface area contributed by atoms with Gasteiger partial charge in [0.1, 0.15) is 4.88 Å². The average molecular weight is 273 g/mol. The second-order valence-electron chi connectivity index (χ2n) is 3.15. The minimum Gasteiger partial charge on any atom is -0.465 e. The Balaban J connectivity index is 2.78. The van der Waals surface area contributed by atoms with Crippen molar-refractivity contribution in [1.82, 2.24) is 4.90 Å². The maximum atomic E-state index is 11.9. The predicted octanol–water partition coefficient (Wildman–Crippen LogP) is 3.09. The summed E-state index contributed by atoms with van der Waals surface area (Å²) in [6.07, 6.45) is 0. The zero-order valence-corrected chi connectivity index (χ0v) is 11.7. The number of thioether (sulfide) groups is 1. The summed E-state index contributed by atoms with van der Waals surface area (Å²) in [5.74, 6) is -0.394. The van der Waals surface area contributed by atoms with Crippen molar-refractivity contribution < 1.29 is 14.3 Å². The SMILES string of the molecule is CCN(CC)C(=O)Sc1ccsc1C(=O)OC. The van der Waals surface area contributed by atoms with E-state index in [4.69, 9.17) is 0 Å². The molecule has 4 nitrogen and oxygen atoms in total. The summed E-state index contributed by atoms with van der Waals surface area (Å²) in [6.45, 7) is 5.19. The first kappa shape index (κ1) is 14.1. The van der Waals surface area contributed by atoms with Crippen molar-refractivity contribution in [2.75, 3.05) is 20.2 Å². The van der Waals surface area contributed by atoms with E-state index < -0.39 is 5.97 Å². The summed E-state index contributed by atoms with van der Waals surface area (Å²) in [6, 6.07) is 1.77. The highest BCUT2D eigenvalue weighted by Gasteiger charge is 2.19. The van der Waals surface area contributed by atoms with E-state index in [2.05, 4.69) is 4.74 Å². The quantitative estimate of drug-likeness (QED) is 0.625. The van der Waals surface area contributed by atoms with Crippen molar-refractivity contribution in [3.63, 3.8) is 0 Å². The second kappa shape index (κ2) is 6.66. The van der Waals surface area contributed by atoms with E-state index >= 15 is 0 Å². The van der Waals surface area contributed by atoms with Gasteiger partial charge in [-0.3, -0.25) is 4.79 Å². The number of hydrogen-bond acceptors (Lipinski definition) is 5. The Morgan fingerprint density at radius 1 is 1.41 bits per heavy atom. The van der Waals surface area contributed by atoms with E-state index in [1.165, 1.54) is 18.4 Å². The highest BCUT2D eigenvalue weighted by molar-refractivity contribution is 8.13. The Morgan fingerprint density at radius 2 is 2.06 bits per heavy atom. The Kier molecular flexibility index (Phi) is 5.50. The fourth-order valence-electron chi connectivity index (χ4n) is 1.26. The monoisotopic (exact) mass is 273 g/mol. The van der Waals surface area contributed by atoms with Gasteiger partial charge in [-0.15, -0.1) is 11.3 Å². The number of carbonyl (C=O) groups is 2. The molecule has 0 saturated heterocycles. The highest BCUT2D eigenvalue weighted by atomic mass is 32.2. The number of hydrogen-bond donors (Lipinski definition) is 0. The van der Waals surface area contributed by atoms with Crippen LogP contribution in [0.1, 0.15) is 23.5 Å². The summed E-state index contributed by atoms with van der Waals surface area (Å²) < 4.78 is 4.66. The maximum Gasteiger partial charge on any atom is 0.349 e. The molecule has 6 heteroatoms. The number of amides is 1. The molecular formula is C11H15NO3S2. The molecule has 0 aliphatic carbocycles. The molecule has 0 bridgehead atoms. The van der Waals surface area contributed by atoms with Crippen molar-refractivity contribution >= 4 is 34.3 Å². The molecule has 1 heterocycles. The lowest BCUT2D eigenvalue weighted by Gasteiger charge is -2.17. The van der Waals surface area contributed by atoms with E-state index in [-0.39, 0.29) is 5.24 Å². The van der Waals surface area contributed by atoms with Gasteiger partial charge in [0.2, 0.25) is 0 Å². The van der Waals surface area contributed by atoms with Gasteiger partial charge in [-0.05, 0) is 37.1 Å². The fourth-order valence-corrected chi connectivity index (χ4v) is 3.21. The molecule has 0 spiro atoms. The van der Waals surface area contributed by atoms with Crippen molar-refractivity contribution in [1.29, 1.82) is 0 Å². The van der Waals surface area contributed by atoms with Crippen LogP contribution in [0.3, 0.4) is 0 Å². The van der Waals surface area contributed by atoms with Crippen LogP contribution in [-0.4, -0.2) is 36.3 Å². The molecule has 1 amide bonds. The summed E-state index contributed by atoms with van der Waals surface area (Å²) in [4.78, 5) is 26.2. The minimum atomic E-state index is -0.394. The maximum absolute atomic E-state index is 11.9. The topological polar surface area (TPSA) is 46.6 Å². The van der Waals surface area contributed by atoms with Crippen LogP contribution in [0.5, 0.6) is 0 Å². The van der Waals surface area contributed by atoms with Crippen LogP contribution in [0.4, 0.5) is 4.79 Å². The number of methoxy groups -OCH3 is 1. The van der Waals surface area contributed by atoms with E-state index in [1.807, 2.05) is 13.8 Å². The van der Waals surface area contributed by atoms with Gasteiger partial charge in [0.25, 0.3) is 5.24 Å². The molecule has 17 heavy (non-hydrogen) atoms. The molecule has 0 fully saturated rings. The minimum absolute atomic E-state index is 0.0430. The van der Waals surface area contributed by atoms with Crippen molar-refractivity contribution in [3.05, 3.63) is 16.3 Å². The molecule has 94 valence electrons. The first-order valence-electron chi connectivity index (χ1n) is 5.26. The largest absolute Gasteiger partial charge is 0.465 e. The van der Waals surface area contributed by atoms with Crippen LogP contribution < -0.4 is 0 Å². The van der Waals surface area contributed by atoms with Gasteiger partial charge >= 0.3 is 5.97 Å². The Morgan fingerprint density at radius 3 is 2.59 bits per heavy atom. The molecular weight excluding hydrogens is 258 g/mol. The van der Waals surface area contributed by atoms with Gasteiger partial charge in [-0.25, -0.2) is 4.79 Å². The Hall–Kier alpha value is -1.01.